The molecule has 0 radical (unpaired) electrons. The lowest BCUT2D eigenvalue weighted by Gasteiger charge is -2.09. The fourth-order valence-electron chi connectivity index (χ4n) is 3.34. The molecule has 6 nitrogen and oxygen atoms in total. The molecule has 4 rings (SSSR count). The van der Waals surface area contributed by atoms with Crippen LogP contribution in [0.15, 0.2) is 79.0 Å². The summed E-state index contributed by atoms with van der Waals surface area (Å²) in [7, 11) is 0. The number of aromatic nitrogens is 2. The van der Waals surface area contributed by atoms with Crippen molar-refractivity contribution in [1.29, 1.82) is 0 Å². The Morgan fingerprint density at radius 2 is 1.72 bits per heavy atom. The van der Waals surface area contributed by atoms with Crippen LogP contribution in [0.3, 0.4) is 0 Å². The Balaban J connectivity index is 1.70. The maximum Gasteiger partial charge on any atom is 0.259 e. The van der Waals surface area contributed by atoms with Crippen molar-refractivity contribution in [2.75, 3.05) is 10.6 Å². The fraction of sp³-hybridized carbons (Fsp3) is 0.0800. The van der Waals surface area contributed by atoms with Crippen molar-refractivity contribution in [3.05, 3.63) is 95.1 Å². The van der Waals surface area contributed by atoms with E-state index in [1.54, 1.807) is 29.1 Å². The Hall–Kier alpha value is -3.90. The van der Waals surface area contributed by atoms with Crippen molar-refractivity contribution in [2.45, 2.75) is 13.8 Å². The minimum Gasteiger partial charge on any atom is -0.325 e. The van der Waals surface area contributed by atoms with E-state index in [0.29, 0.717) is 27.7 Å². The second-order valence-corrected chi connectivity index (χ2v) is 7.78. The monoisotopic (exact) mass is 444 g/mol. The molecule has 4 aromatic rings. The first kappa shape index (κ1) is 21.3. The van der Waals surface area contributed by atoms with Crippen molar-refractivity contribution in [3.63, 3.8) is 0 Å². The lowest BCUT2D eigenvalue weighted by atomic mass is 10.1. The Kier molecular flexibility index (Phi) is 6.05. The van der Waals surface area contributed by atoms with Crippen LogP contribution in [0.5, 0.6) is 0 Å². The van der Waals surface area contributed by atoms with Crippen LogP contribution in [0.1, 0.15) is 22.8 Å². The Labute approximate surface area is 190 Å². The topological polar surface area (TPSA) is 76.0 Å². The number of carbonyl (C=O) groups excluding carboxylic acids is 2. The average Bonchev–Trinajstić information content (AvgIpc) is 3.22. The van der Waals surface area contributed by atoms with Gasteiger partial charge < -0.3 is 10.6 Å². The molecule has 7 heteroatoms. The highest BCUT2D eigenvalue weighted by molar-refractivity contribution is 6.34. The van der Waals surface area contributed by atoms with Gasteiger partial charge in [0.1, 0.15) is 5.69 Å². The van der Waals surface area contributed by atoms with E-state index in [4.69, 9.17) is 16.7 Å². The van der Waals surface area contributed by atoms with Gasteiger partial charge in [0, 0.05) is 24.4 Å². The summed E-state index contributed by atoms with van der Waals surface area (Å²) in [5, 5.41) is 10.6. The molecule has 32 heavy (non-hydrogen) atoms. The number of rotatable bonds is 5. The molecule has 0 saturated heterocycles. The van der Waals surface area contributed by atoms with E-state index < -0.39 is 0 Å². The normalized spacial score (nSPS) is 10.6. The molecule has 0 aliphatic heterocycles. The maximum absolute atomic E-state index is 13.2. The van der Waals surface area contributed by atoms with E-state index in [1.807, 2.05) is 61.5 Å². The number of nitrogens with one attached hydrogen (secondary N) is 2. The van der Waals surface area contributed by atoms with Crippen molar-refractivity contribution in [2.24, 2.45) is 0 Å². The van der Waals surface area contributed by atoms with E-state index in [2.05, 4.69) is 10.6 Å². The summed E-state index contributed by atoms with van der Waals surface area (Å²) in [5.74, 6) is -0.535. The third-order valence-corrected chi connectivity index (χ3v) is 5.12. The zero-order chi connectivity index (χ0) is 22.7. The molecule has 160 valence electrons. The predicted molar refractivity (Wildman–Crippen MR) is 127 cm³/mol. The maximum atomic E-state index is 13.2. The molecule has 1 heterocycles. The van der Waals surface area contributed by atoms with Gasteiger partial charge in [0.15, 0.2) is 0 Å². The molecule has 1 aromatic heterocycles. The van der Waals surface area contributed by atoms with Crippen LogP contribution in [0.4, 0.5) is 11.4 Å². The molecule has 0 fully saturated rings. The molecule has 0 aliphatic rings. The molecule has 0 bridgehead atoms. The van der Waals surface area contributed by atoms with E-state index in [-0.39, 0.29) is 11.8 Å². The zero-order valence-corrected chi connectivity index (χ0v) is 18.4. The van der Waals surface area contributed by atoms with Gasteiger partial charge in [0.2, 0.25) is 5.91 Å². The van der Waals surface area contributed by atoms with Gasteiger partial charge in [-0.05, 0) is 43.3 Å². The van der Waals surface area contributed by atoms with Gasteiger partial charge in [0.05, 0.1) is 22.0 Å². The van der Waals surface area contributed by atoms with Gasteiger partial charge in [-0.2, -0.15) is 5.10 Å². The molecule has 0 saturated carbocycles. The van der Waals surface area contributed by atoms with Crippen LogP contribution in [-0.2, 0) is 4.79 Å². The van der Waals surface area contributed by atoms with Crippen molar-refractivity contribution in [3.8, 4) is 16.9 Å². The highest BCUT2D eigenvalue weighted by Gasteiger charge is 2.19. The third-order valence-electron chi connectivity index (χ3n) is 4.81. The van der Waals surface area contributed by atoms with Gasteiger partial charge in [-0.3, -0.25) is 9.59 Å². The Morgan fingerprint density at radius 1 is 0.938 bits per heavy atom. The first-order chi connectivity index (χ1) is 15.4. The number of halogens is 1. The zero-order valence-electron chi connectivity index (χ0n) is 17.6. The standard InChI is InChI=1S/C25H21ClN4O2/c1-16-7-6-8-18(13-16)24-21(15-30(29-24)20-9-4-3-5-10-20)25(32)28-19-11-12-23(22(26)14-19)27-17(2)31/h3-15H,1-2H3,(H,27,31)(H,28,32). The largest absolute Gasteiger partial charge is 0.325 e. The van der Waals surface area contributed by atoms with E-state index in [1.165, 1.54) is 6.92 Å². The number of anilines is 2. The smallest absolute Gasteiger partial charge is 0.259 e. The number of para-hydroxylation sites is 1. The Morgan fingerprint density at radius 3 is 2.41 bits per heavy atom. The third kappa shape index (κ3) is 4.71. The van der Waals surface area contributed by atoms with Gasteiger partial charge in [-0.15, -0.1) is 0 Å². The molecular formula is C25H21ClN4O2. The van der Waals surface area contributed by atoms with E-state index >= 15 is 0 Å². The molecular weight excluding hydrogens is 424 g/mol. The fourth-order valence-corrected chi connectivity index (χ4v) is 3.57. The van der Waals surface area contributed by atoms with Gasteiger partial charge in [-0.1, -0.05) is 53.6 Å². The number of amides is 2. The first-order valence-corrected chi connectivity index (χ1v) is 10.4. The number of hydrogen-bond donors (Lipinski definition) is 2. The number of nitrogens with zero attached hydrogens (tertiary/aromatic N) is 2. The van der Waals surface area contributed by atoms with Gasteiger partial charge in [-0.25, -0.2) is 4.68 Å². The van der Waals surface area contributed by atoms with Crippen LogP contribution < -0.4 is 10.6 Å². The second kappa shape index (κ2) is 9.08. The van der Waals surface area contributed by atoms with Crippen LogP contribution in [0.25, 0.3) is 16.9 Å². The van der Waals surface area contributed by atoms with Crippen molar-refractivity contribution in [1.82, 2.24) is 9.78 Å². The highest BCUT2D eigenvalue weighted by atomic mass is 35.5. The van der Waals surface area contributed by atoms with E-state index in [0.717, 1.165) is 16.8 Å². The SMILES string of the molecule is CC(=O)Nc1ccc(NC(=O)c2cn(-c3ccccc3)nc2-c2cccc(C)c2)cc1Cl. The summed E-state index contributed by atoms with van der Waals surface area (Å²) < 4.78 is 1.69. The number of benzene rings is 3. The lowest BCUT2D eigenvalue weighted by Crippen LogP contribution is -2.13. The molecule has 0 spiro atoms. The summed E-state index contributed by atoms with van der Waals surface area (Å²) in [6.07, 6.45) is 1.72. The summed E-state index contributed by atoms with van der Waals surface area (Å²) in [5.41, 5.74) is 4.78. The average molecular weight is 445 g/mol. The molecule has 0 unspecified atom stereocenters. The number of hydrogen-bond acceptors (Lipinski definition) is 3. The van der Waals surface area contributed by atoms with Crippen LogP contribution in [0.2, 0.25) is 5.02 Å². The quantitative estimate of drug-likeness (QED) is 0.413. The molecule has 2 N–H and O–H groups in total. The minimum atomic E-state index is -0.313. The number of aryl methyl sites for hydroxylation is 1. The van der Waals surface area contributed by atoms with Crippen LogP contribution in [0, 0.1) is 6.92 Å². The van der Waals surface area contributed by atoms with Crippen molar-refractivity contribution < 1.29 is 9.59 Å². The number of carbonyl (C=O) groups is 2. The van der Waals surface area contributed by atoms with Gasteiger partial charge >= 0.3 is 0 Å². The predicted octanol–water partition coefficient (Wildman–Crippen LogP) is 5.71. The summed E-state index contributed by atoms with van der Waals surface area (Å²) in [6.45, 7) is 3.40. The summed E-state index contributed by atoms with van der Waals surface area (Å²) in [4.78, 5) is 24.5. The van der Waals surface area contributed by atoms with Crippen molar-refractivity contribution >= 4 is 34.8 Å². The first-order valence-electron chi connectivity index (χ1n) is 10.0. The van der Waals surface area contributed by atoms with Crippen LogP contribution in [-0.4, -0.2) is 21.6 Å². The lowest BCUT2D eigenvalue weighted by molar-refractivity contribution is -0.114. The van der Waals surface area contributed by atoms with Crippen LogP contribution >= 0.6 is 11.6 Å². The molecule has 0 atom stereocenters. The molecule has 2 amide bonds. The second-order valence-electron chi connectivity index (χ2n) is 7.37. The highest BCUT2D eigenvalue weighted by Crippen LogP contribution is 2.28. The molecule has 3 aromatic carbocycles. The summed E-state index contributed by atoms with van der Waals surface area (Å²) >= 11 is 6.25. The van der Waals surface area contributed by atoms with Gasteiger partial charge in [0.25, 0.3) is 5.91 Å². The minimum absolute atomic E-state index is 0.222. The molecule has 0 aliphatic carbocycles. The summed E-state index contributed by atoms with van der Waals surface area (Å²) in [6, 6.07) is 22.4. The van der Waals surface area contributed by atoms with E-state index in [9.17, 15) is 9.59 Å². The Bertz CT molecular complexity index is 1300.